The van der Waals surface area contributed by atoms with Crippen LogP contribution in [0.4, 0.5) is 5.69 Å². The third-order valence-corrected chi connectivity index (χ3v) is 4.51. The molecule has 0 saturated carbocycles. The van der Waals surface area contributed by atoms with Crippen molar-refractivity contribution in [1.82, 2.24) is 4.37 Å². The molecular weight excluding hydrogens is 268 g/mol. The molecule has 1 N–H and O–H groups in total. The second kappa shape index (κ2) is 5.49. The zero-order valence-corrected chi connectivity index (χ0v) is 11.6. The van der Waals surface area contributed by atoms with Crippen molar-refractivity contribution < 1.29 is 8.42 Å². The van der Waals surface area contributed by atoms with Gasteiger partial charge in [0.1, 0.15) is 0 Å². The highest BCUT2D eigenvalue weighted by Gasteiger charge is 2.13. The van der Waals surface area contributed by atoms with Gasteiger partial charge in [0, 0.05) is 5.38 Å². The third kappa shape index (κ3) is 3.54. The fourth-order valence-corrected chi connectivity index (χ4v) is 3.37. The molecule has 4 nitrogen and oxygen atoms in total. The lowest BCUT2D eigenvalue weighted by Crippen LogP contribution is -2.18. The number of benzene rings is 1. The summed E-state index contributed by atoms with van der Waals surface area (Å²) >= 11 is 1.24. The van der Waals surface area contributed by atoms with Gasteiger partial charge in [0.25, 0.3) is 0 Å². The highest BCUT2D eigenvalue weighted by molar-refractivity contribution is 7.92. The van der Waals surface area contributed by atoms with E-state index in [9.17, 15) is 8.42 Å². The molecule has 0 fully saturated rings. The van der Waals surface area contributed by atoms with Crippen molar-refractivity contribution in [2.75, 3.05) is 10.5 Å². The van der Waals surface area contributed by atoms with Gasteiger partial charge < -0.3 is 0 Å². The summed E-state index contributed by atoms with van der Waals surface area (Å²) in [6.45, 7) is 1.78. The Morgan fingerprint density at radius 1 is 1.28 bits per heavy atom. The van der Waals surface area contributed by atoms with Gasteiger partial charge in [-0.2, -0.15) is 4.37 Å². The Morgan fingerprint density at radius 3 is 2.61 bits per heavy atom. The first-order valence-corrected chi connectivity index (χ1v) is 8.01. The molecule has 0 amide bonds. The molecule has 0 atom stereocenters. The van der Waals surface area contributed by atoms with Crippen LogP contribution in [0.1, 0.15) is 11.3 Å². The van der Waals surface area contributed by atoms with Crippen molar-refractivity contribution in [1.29, 1.82) is 0 Å². The van der Waals surface area contributed by atoms with Crippen LogP contribution < -0.4 is 4.72 Å². The van der Waals surface area contributed by atoms with Crippen LogP contribution in [0.5, 0.6) is 0 Å². The Kier molecular flexibility index (Phi) is 3.98. The summed E-state index contributed by atoms with van der Waals surface area (Å²) in [5.41, 5.74) is 2.30. The molecule has 96 valence electrons. The summed E-state index contributed by atoms with van der Waals surface area (Å²) in [4.78, 5) is 0. The monoisotopic (exact) mass is 282 g/mol. The Morgan fingerprint density at radius 2 is 2.00 bits per heavy atom. The minimum atomic E-state index is -3.31. The van der Waals surface area contributed by atoms with Crippen molar-refractivity contribution in [3.8, 4) is 0 Å². The van der Waals surface area contributed by atoms with Crippen LogP contribution in [0.3, 0.4) is 0 Å². The second-order valence-electron chi connectivity index (χ2n) is 3.97. The summed E-state index contributed by atoms with van der Waals surface area (Å²) in [6.07, 6.45) is 0.507. The first-order valence-electron chi connectivity index (χ1n) is 5.52. The SMILES string of the molecule is Cc1nscc1NS(=O)(=O)CCc1ccccc1. The van der Waals surface area contributed by atoms with E-state index in [0.717, 1.165) is 5.56 Å². The molecule has 0 saturated heterocycles. The maximum absolute atomic E-state index is 11.9. The average Bonchev–Trinajstić information content (AvgIpc) is 2.73. The van der Waals surface area contributed by atoms with Gasteiger partial charge in [0.2, 0.25) is 10.0 Å². The summed E-state index contributed by atoms with van der Waals surface area (Å²) in [5, 5.41) is 1.70. The lowest BCUT2D eigenvalue weighted by Gasteiger charge is -2.06. The van der Waals surface area contributed by atoms with Crippen LogP contribution in [0.2, 0.25) is 0 Å². The van der Waals surface area contributed by atoms with Crippen LogP contribution in [0.25, 0.3) is 0 Å². The number of aryl methyl sites for hydroxylation is 2. The smallest absolute Gasteiger partial charge is 0.233 e. The number of sulfonamides is 1. The van der Waals surface area contributed by atoms with E-state index in [1.165, 1.54) is 11.5 Å². The van der Waals surface area contributed by atoms with Gasteiger partial charge in [0.05, 0.1) is 17.1 Å². The largest absolute Gasteiger partial charge is 0.281 e. The van der Waals surface area contributed by atoms with Crippen LogP contribution >= 0.6 is 11.5 Å². The van der Waals surface area contributed by atoms with Gasteiger partial charge in [-0.3, -0.25) is 4.72 Å². The van der Waals surface area contributed by atoms with E-state index in [2.05, 4.69) is 9.10 Å². The fraction of sp³-hybridized carbons (Fsp3) is 0.250. The van der Waals surface area contributed by atoms with Crippen molar-refractivity contribution in [3.05, 3.63) is 47.0 Å². The number of hydrogen-bond acceptors (Lipinski definition) is 4. The van der Waals surface area contributed by atoms with E-state index in [1.807, 2.05) is 30.3 Å². The molecule has 18 heavy (non-hydrogen) atoms. The number of anilines is 1. The van der Waals surface area contributed by atoms with E-state index in [4.69, 9.17) is 0 Å². The molecule has 2 aromatic rings. The number of hydrogen-bond donors (Lipinski definition) is 1. The Hall–Kier alpha value is -1.40. The fourth-order valence-electron chi connectivity index (χ4n) is 1.51. The number of aromatic nitrogens is 1. The lowest BCUT2D eigenvalue weighted by molar-refractivity contribution is 0.600. The number of nitrogens with zero attached hydrogens (tertiary/aromatic N) is 1. The first kappa shape index (κ1) is 13.0. The standard InChI is InChI=1S/C12H14N2O2S2/c1-10-12(9-17-13-10)14-18(15,16)8-7-11-5-3-2-4-6-11/h2-6,9,14H,7-8H2,1H3. The highest BCUT2D eigenvalue weighted by Crippen LogP contribution is 2.17. The van der Waals surface area contributed by atoms with Crippen molar-refractivity contribution >= 4 is 27.2 Å². The van der Waals surface area contributed by atoms with Crippen LogP contribution in [-0.4, -0.2) is 18.5 Å². The van der Waals surface area contributed by atoms with Crippen LogP contribution in [0, 0.1) is 6.92 Å². The number of rotatable bonds is 5. The zero-order chi connectivity index (χ0) is 13.0. The normalized spacial score (nSPS) is 11.4. The molecule has 6 heteroatoms. The summed E-state index contributed by atoms with van der Waals surface area (Å²) in [7, 11) is -3.31. The molecule has 0 aliphatic heterocycles. The van der Waals surface area contributed by atoms with Gasteiger partial charge in [-0.25, -0.2) is 8.42 Å². The Labute approximate surface area is 111 Å². The molecule has 0 spiro atoms. The molecule has 1 aromatic heterocycles. The van der Waals surface area contributed by atoms with Gasteiger partial charge in [-0.1, -0.05) is 30.3 Å². The van der Waals surface area contributed by atoms with E-state index in [-0.39, 0.29) is 5.75 Å². The quantitative estimate of drug-likeness (QED) is 0.916. The van der Waals surface area contributed by atoms with Gasteiger partial charge >= 0.3 is 0 Å². The minimum absolute atomic E-state index is 0.0757. The van der Waals surface area contributed by atoms with E-state index in [1.54, 1.807) is 12.3 Å². The molecule has 0 bridgehead atoms. The van der Waals surface area contributed by atoms with Crippen molar-refractivity contribution in [3.63, 3.8) is 0 Å². The topological polar surface area (TPSA) is 59.1 Å². The Balaban J connectivity index is 1.98. The summed E-state index contributed by atoms with van der Waals surface area (Å²) in [6, 6.07) is 9.57. The molecule has 1 aromatic carbocycles. The van der Waals surface area contributed by atoms with Gasteiger partial charge in [0.15, 0.2) is 0 Å². The zero-order valence-electron chi connectivity index (χ0n) is 9.96. The summed E-state index contributed by atoms with van der Waals surface area (Å²) in [5.74, 6) is 0.0757. The Bertz CT molecular complexity index is 606. The molecule has 0 aliphatic rings. The van der Waals surface area contributed by atoms with E-state index in [0.29, 0.717) is 17.8 Å². The molecular formula is C12H14N2O2S2. The predicted octanol–water partition coefficient (Wildman–Crippen LogP) is 2.44. The second-order valence-corrected chi connectivity index (χ2v) is 6.44. The van der Waals surface area contributed by atoms with Crippen molar-refractivity contribution in [2.45, 2.75) is 13.3 Å². The van der Waals surface area contributed by atoms with Crippen molar-refractivity contribution in [2.24, 2.45) is 0 Å². The highest BCUT2D eigenvalue weighted by atomic mass is 32.2. The first-order chi connectivity index (χ1) is 8.57. The van der Waals surface area contributed by atoms with E-state index >= 15 is 0 Å². The molecule has 0 aliphatic carbocycles. The van der Waals surface area contributed by atoms with Crippen LogP contribution in [-0.2, 0) is 16.4 Å². The van der Waals surface area contributed by atoms with E-state index < -0.39 is 10.0 Å². The molecule has 0 radical (unpaired) electrons. The summed E-state index contributed by atoms with van der Waals surface area (Å²) < 4.78 is 30.4. The molecule has 2 rings (SSSR count). The number of nitrogens with one attached hydrogen (secondary N) is 1. The van der Waals surface area contributed by atoms with Crippen LogP contribution in [0.15, 0.2) is 35.7 Å². The maximum Gasteiger partial charge on any atom is 0.233 e. The average molecular weight is 282 g/mol. The minimum Gasteiger partial charge on any atom is -0.281 e. The predicted molar refractivity (Wildman–Crippen MR) is 74.4 cm³/mol. The maximum atomic E-state index is 11.9. The third-order valence-electron chi connectivity index (χ3n) is 2.52. The molecule has 0 unspecified atom stereocenters. The van der Waals surface area contributed by atoms with Gasteiger partial charge in [-0.05, 0) is 30.4 Å². The lowest BCUT2D eigenvalue weighted by atomic mass is 10.2. The molecule has 1 heterocycles. The van der Waals surface area contributed by atoms with Gasteiger partial charge in [-0.15, -0.1) is 0 Å².